The van der Waals surface area contributed by atoms with Gasteiger partial charge in [0.2, 0.25) is 0 Å². The Morgan fingerprint density at radius 2 is 1.74 bits per heavy atom. The first-order chi connectivity index (χ1) is 10.9. The number of rotatable bonds is 9. The molecule has 0 heterocycles. The molecule has 0 aliphatic heterocycles. The van der Waals surface area contributed by atoms with Crippen LogP contribution in [0.1, 0.15) is 45.6 Å². The fourth-order valence-corrected chi connectivity index (χ4v) is 2.53. The molecule has 0 spiro atoms. The Balaban J connectivity index is 2.87. The summed E-state index contributed by atoms with van der Waals surface area (Å²) in [7, 11) is 1.36. The second-order valence-electron chi connectivity index (χ2n) is 5.70. The summed E-state index contributed by atoms with van der Waals surface area (Å²) in [5.41, 5.74) is 7.01. The topological polar surface area (TPSA) is 70.8 Å². The summed E-state index contributed by atoms with van der Waals surface area (Å²) in [4.78, 5) is 11.5. The highest BCUT2D eigenvalue weighted by molar-refractivity contribution is 5.75. The van der Waals surface area contributed by atoms with E-state index in [1.54, 1.807) is 0 Å². The SMILES string of the molecule is CCOc1ccc(C(C)C(C)CC(N)C(=O)OC)cc1OCC. The monoisotopic (exact) mass is 323 g/mol. The van der Waals surface area contributed by atoms with E-state index in [2.05, 4.69) is 13.8 Å². The highest BCUT2D eigenvalue weighted by Gasteiger charge is 2.23. The van der Waals surface area contributed by atoms with Crippen LogP contribution in [0.5, 0.6) is 11.5 Å². The molecule has 23 heavy (non-hydrogen) atoms. The normalized spacial score (nSPS) is 14.7. The predicted molar refractivity (Wildman–Crippen MR) is 91.0 cm³/mol. The Labute approximate surface area is 139 Å². The Morgan fingerprint density at radius 1 is 1.13 bits per heavy atom. The van der Waals surface area contributed by atoms with Crippen molar-refractivity contribution in [2.75, 3.05) is 20.3 Å². The lowest BCUT2D eigenvalue weighted by Crippen LogP contribution is -2.34. The van der Waals surface area contributed by atoms with Crippen molar-refractivity contribution in [1.29, 1.82) is 0 Å². The lowest BCUT2D eigenvalue weighted by atomic mass is 9.84. The third-order valence-corrected chi connectivity index (χ3v) is 4.08. The van der Waals surface area contributed by atoms with Gasteiger partial charge in [0.25, 0.3) is 0 Å². The van der Waals surface area contributed by atoms with E-state index in [0.717, 1.165) is 17.1 Å². The van der Waals surface area contributed by atoms with Crippen molar-refractivity contribution < 1.29 is 19.0 Å². The van der Waals surface area contributed by atoms with E-state index in [9.17, 15) is 4.79 Å². The first-order valence-electron chi connectivity index (χ1n) is 8.17. The van der Waals surface area contributed by atoms with Gasteiger partial charge >= 0.3 is 5.97 Å². The molecule has 2 N–H and O–H groups in total. The molecule has 0 saturated heterocycles. The summed E-state index contributed by atoms with van der Waals surface area (Å²) in [5.74, 6) is 1.61. The molecule has 0 aromatic heterocycles. The van der Waals surface area contributed by atoms with Crippen LogP contribution in [0, 0.1) is 5.92 Å². The maximum atomic E-state index is 11.5. The molecule has 3 unspecified atom stereocenters. The summed E-state index contributed by atoms with van der Waals surface area (Å²) in [6, 6.07) is 5.40. The predicted octanol–water partition coefficient (Wildman–Crippen LogP) is 3.11. The van der Waals surface area contributed by atoms with E-state index in [4.69, 9.17) is 19.9 Å². The number of ether oxygens (including phenoxy) is 3. The smallest absolute Gasteiger partial charge is 0.322 e. The number of nitrogens with two attached hydrogens (primary N) is 1. The molecule has 0 saturated carbocycles. The van der Waals surface area contributed by atoms with Crippen LogP contribution in [0.2, 0.25) is 0 Å². The third-order valence-electron chi connectivity index (χ3n) is 4.08. The van der Waals surface area contributed by atoms with Crippen LogP contribution in [0.25, 0.3) is 0 Å². The molecule has 0 radical (unpaired) electrons. The second-order valence-corrected chi connectivity index (χ2v) is 5.70. The summed E-state index contributed by atoms with van der Waals surface area (Å²) >= 11 is 0. The molecule has 3 atom stereocenters. The first kappa shape index (κ1) is 19.3. The van der Waals surface area contributed by atoms with Gasteiger partial charge in [-0.2, -0.15) is 0 Å². The maximum absolute atomic E-state index is 11.5. The van der Waals surface area contributed by atoms with Crippen molar-refractivity contribution in [3.05, 3.63) is 23.8 Å². The highest BCUT2D eigenvalue weighted by atomic mass is 16.5. The molecule has 130 valence electrons. The van der Waals surface area contributed by atoms with Gasteiger partial charge in [-0.25, -0.2) is 0 Å². The zero-order chi connectivity index (χ0) is 17.4. The fraction of sp³-hybridized carbons (Fsp3) is 0.611. The van der Waals surface area contributed by atoms with Gasteiger partial charge in [-0.3, -0.25) is 4.79 Å². The average molecular weight is 323 g/mol. The van der Waals surface area contributed by atoms with E-state index >= 15 is 0 Å². The number of carbonyl (C=O) groups excluding carboxylic acids is 1. The minimum atomic E-state index is -0.591. The van der Waals surface area contributed by atoms with Gasteiger partial charge < -0.3 is 19.9 Å². The Hall–Kier alpha value is -1.75. The Bertz CT molecular complexity index is 504. The molecule has 0 fully saturated rings. The van der Waals surface area contributed by atoms with Crippen molar-refractivity contribution in [2.45, 2.75) is 46.1 Å². The molecule has 1 aromatic carbocycles. The molecular formula is C18H29NO4. The molecule has 5 heteroatoms. The minimum absolute atomic E-state index is 0.233. The zero-order valence-corrected chi connectivity index (χ0v) is 14.8. The van der Waals surface area contributed by atoms with Crippen LogP contribution in [0.15, 0.2) is 18.2 Å². The molecule has 1 rings (SSSR count). The van der Waals surface area contributed by atoms with E-state index < -0.39 is 6.04 Å². The van der Waals surface area contributed by atoms with Gasteiger partial charge in [0.15, 0.2) is 11.5 Å². The summed E-state index contributed by atoms with van der Waals surface area (Å²) in [5, 5.41) is 0. The van der Waals surface area contributed by atoms with Crippen molar-refractivity contribution in [3.8, 4) is 11.5 Å². The van der Waals surface area contributed by atoms with Crippen LogP contribution in [0.3, 0.4) is 0 Å². The minimum Gasteiger partial charge on any atom is -0.490 e. The standard InChI is InChI=1S/C18H29NO4/c1-6-22-16-9-8-14(11-17(16)23-7-2)13(4)12(3)10-15(19)18(20)21-5/h8-9,11-13,15H,6-7,10,19H2,1-5H3. The number of hydrogen-bond acceptors (Lipinski definition) is 5. The molecular weight excluding hydrogens is 294 g/mol. The van der Waals surface area contributed by atoms with Gasteiger partial charge in [-0.1, -0.05) is 19.9 Å². The Kier molecular flexibility index (Phi) is 7.89. The van der Waals surface area contributed by atoms with Gasteiger partial charge in [-0.05, 0) is 49.8 Å². The number of hydrogen-bond donors (Lipinski definition) is 1. The Morgan fingerprint density at radius 3 is 2.30 bits per heavy atom. The number of esters is 1. The van der Waals surface area contributed by atoms with Crippen LogP contribution < -0.4 is 15.2 Å². The van der Waals surface area contributed by atoms with Gasteiger partial charge in [0.1, 0.15) is 6.04 Å². The van der Waals surface area contributed by atoms with Crippen LogP contribution in [0.4, 0.5) is 0 Å². The molecule has 1 aromatic rings. The number of methoxy groups -OCH3 is 1. The van der Waals surface area contributed by atoms with E-state index in [1.807, 2.05) is 32.0 Å². The first-order valence-corrected chi connectivity index (χ1v) is 8.17. The van der Waals surface area contributed by atoms with Crippen molar-refractivity contribution in [3.63, 3.8) is 0 Å². The molecule has 0 bridgehead atoms. The van der Waals surface area contributed by atoms with Crippen molar-refractivity contribution in [1.82, 2.24) is 0 Å². The lowest BCUT2D eigenvalue weighted by Gasteiger charge is -2.23. The summed E-state index contributed by atoms with van der Waals surface area (Å²) in [6.45, 7) is 9.29. The third kappa shape index (κ3) is 5.43. The zero-order valence-electron chi connectivity index (χ0n) is 14.8. The van der Waals surface area contributed by atoms with Crippen molar-refractivity contribution in [2.24, 2.45) is 11.7 Å². The number of carbonyl (C=O) groups is 1. The molecule has 0 aliphatic rings. The highest BCUT2D eigenvalue weighted by Crippen LogP contribution is 2.34. The average Bonchev–Trinajstić information content (AvgIpc) is 2.55. The van der Waals surface area contributed by atoms with Crippen molar-refractivity contribution >= 4 is 5.97 Å². The van der Waals surface area contributed by atoms with Gasteiger partial charge in [0.05, 0.1) is 20.3 Å². The largest absolute Gasteiger partial charge is 0.490 e. The molecule has 0 amide bonds. The van der Waals surface area contributed by atoms with Gasteiger partial charge in [0, 0.05) is 0 Å². The number of benzene rings is 1. The van der Waals surface area contributed by atoms with Crippen LogP contribution in [-0.4, -0.2) is 32.3 Å². The molecule has 0 aliphatic carbocycles. The maximum Gasteiger partial charge on any atom is 0.322 e. The van der Waals surface area contributed by atoms with Gasteiger partial charge in [-0.15, -0.1) is 0 Å². The summed E-state index contributed by atoms with van der Waals surface area (Å²) < 4.78 is 16.0. The van der Waals surface area contributed by atoms with E-state index in [1.165, 1.54) is 7.11 Å². The quantitative estimate of drug-likeness (QED) is 0.707. The summed E-state index contributed by atoms with van der Waals surface area (Å²) in [6.07, 6.45) is 0.574. The molecule has 5 nitrogen and oxygen atoms in total. The van der Waals surface area contributed by atoms with Crippen LogP contribution in [-0.2, 0) is 9.53 Å². The van der Waals surface area contributed by atoms with Crippen LogP contribution >= 0.6 is 0 Å². The van der Waals surface area contributed by atoms with E-state index in [0.29, 0.717) is 19.6 Å². The lowest BCUT2D eigenvalue weighted by molar-refractivity contribution is -0.142. The fourth-order valence-electron chi connectivity index (χ4n) is 2.53. The van der Waals surface area contributed by atoms with E-state index in [-0.39, 0.29) is 17.8 Å². The second kappa shape index (κ2) is 9.40.